The minimum Gasteiger partial charge on any atom is -0.396 e. The van der Waals surface area contributed by atoms with E-state index in [4.69, 9.17) is 10.5 Å². The van der Waals surface area contributed by atoms with E-state index in [9.17, 15) is 28.0 Å². The number of anilines is 1. The van der Waals surface area contributed by atoms with Gasteiger partial charge in [0.2, 0.25) is 11.8 Å². The van der Waals surface area contributed by atoms with Crippen molar-refractivity contribution in [3.63, 3.8) is 0 Å². The molecule has 3 N–H and O–H groups in total. The number of fused-ring (bicyclic) bond motifs is 1. The van der Waals surface area contributed by atoms with Gasteiger partial charge in [-0.25, -0.2) is 8.78 Å². The Balaban J connectivity index is 1.06. The number of benzene rings is 1. The monoisotopic (exact) mass is 544 g/mol. The first kappa shape index (κ1) is 26.9. The molecule has 5 rings (SSSR count). The third-order valence-corrected chi connectivity index (χ3v) is 7.52. The third-order valence-electron chi connectivity index (χ3n) is 7.52. The highest BCUT2D eigenvalue weighted by Crippen LogP contribution is 2.29. The molecule has 2 saturated heterocycles. The van der Waals surface area contributed by atoms with Crippen LogP contribution in [0.3, 0.4) is 0 Å². The number of nitrogens with one attached hydrogen (secondary N) is 1. The van der Waals surface area contributed by atoms with Crippen molar-refractivity contribution in [2.75, 3.05) is 38.6 Å². The number of carbonyl (C=O) groups is 4. The van der Waals surface area contributed by atoms with E-state index in [1.54, 1.807) is 22.9 Å². The molecule has 0 radical (unpaired) electrons. The van der Waals surface area contributed by atoms with Gasteiger partial charge in [-0.2, -0.15) is 5.10 Å². The molecular formula is C26H30F2N6O5. The second kappa shape index (κ2) is 11.2. The lowest BCUT2D eigenvalue weighted by molar-refractivity contribution is -0.136. The average molecular weight is 545 g/mol. The summed E-state index contributed by atoms with van der Waals surface area (Å²) < 4.78 is 33.3. The average Bonchev–Trinajstić information content (AvgIpc) is 3.42. The summed E-state index contributed by atoms with van der Waals surface area (Å²) in [5.41, 5.74) is 6.65. The molecule has 11 nitrogen and oxygen atoms in total. The first-order chi connectivity index (χ1) is 18.7. The number of hydrogen-bond donors (Lipinski definition) is 2. The Bertz CT molecular complexity index is 1290. The highest BCUT2D eigenvalue weighted by Gasteiger charge is 2.44. The number of halogens is 2. The third kappa shape index (κ3) is 5.55. The second-order valence-corrected chi connectivity index (χ2v) is 10.0. The number of piperidine rings is 2. The minimum atomic E-state index is -2.68. The molecule has 0 spiro atoms. The van der Waals surface area contributed by atoms with Crippen molar-refractivity contribution in [1.82, 2.24) is 24.9 Å². The van der Waals surface area contributed by atoms with E-state index in [2.05, 4.69) is 15.3 Å². The number of nitrogens with two attached hydrogens (primary N) is 1. The zero-order valence-corrected chi connectivity index (χ0v) is 21.3. The molecule has 13 heteroatoms. The van der Waals surface area contributed by atoms with Crippen LogP contribution in [-0.4, -0.2) is 82.1 Å². The molecular weight excluding hydrogens is 514 g/mol. The van der Waals surface area contributed by atoms with Crippen LogP contribution in [-0.2, 0) is 20.7 Å². The summed E-state index contributed by atoms with van der Waals surface area (Å²) in [5, 5.41) is 6.15. The van der Waals surface area contributed by atoms with Crippen molar-refractivity contribution in [2.24, 2.45) is 0 Å². The van der Waals surface area contributed by atoms with E-state index in [1.807, 2.05) is 0 Å². The van der Waals surface area contributed by atoms with Crippen molar-refractivity contribution in [1.29, 1.82) is 0 Å². The van der Waals surface area contributed by atoms with Gasteiger partial charge in [0.05, 0.1) is 36.1 Å². The normalized spacial score (nSPS) is 20.7. The van der Waals surface area contributed by atoms with E-state index in [0.717, 1.165) is 42.9 Å². The lowest BCUT2D eigenvalue weighted by Gasteiger charge is -2.31. The van der Waals surface area contributed by atoms with E-state index < -0.39 is 36.1 Å². The van der Waals surface area contributed by atoms with Crippen molar-refractivity contribution in [3.8, 4) is 0 Å². The Kier molecular flexibility index (Phi) is 7.71. The molecule has 0 aliphatic carbocycles. The fourth-order valence-corrected chi connectivity index (χ4v) is 5.34. The summed E-state index contributed by atoms with van der Waals surface area (Å²) in [4.78, 5) is 52.6. The first-order valence-electron chi connectivity index (χ1n) is 13.0. The van der Waals surface area contributed by atoms with E-state index in [0.29, 0.717) is 19.6 Å². The van der Waals surface area contributed by atoms with Gasteiger partial charge in [0.1, 0.15) is 6.04 Å². The van der Waals surface area contributed by atoms with Gasteiger partial charge in [0.15, 0.2) is 5.69 Å². The fourth-order valence-electron chi connectivity index (χ4n) is 5.34. The summed E-state index contributed by atoms with van der Waals surface area (Å²) in [7, 11) is 0. The molecule has 3 aliphatic heterocycles. The van der Waals surface area contributed by atoms with Gasteiger partial charge >= 0.3 is 0 Å². The quantitative estimate of drug-likeness (QED) is 0.359. The van der Waals surface area contributed by atoms with Crippen LogP contribution in [0.4, 0.5) is 14.5 Å². The largest absolute Gasteiger partial charge is 0.396 e. The SMILES string of the molecule is Nc1cn(C2CCN(CCOCCc3ccc4c(c3)C(=O)N(C3CCC(=O)NC3=O)C4=O)CC2)nc1C(F)F. The molecule has 39 heavy (non-hydrogen) atoms. The minimum absolute atomic E-state index is 0.0202. The maximum atomic E-state index is 13.0. The Morgan fingerprint density at radius 2 is 1.79 bits per heavy atom. The number of hydrogen-bond acceptors (Lipinski definition) is 8. The predicted octanol–water partition coefficient (Wildman–Crippen LogP) is 1.70. The molecule has 0 saturated carbocycles. The molecule has 2 aromatic rings. The molecule has 1 atom stereocenters. The lowest BCUT2D eigenvalue weighted by Crippen LogP contribution is -2.54. The van der Waals surface area contributed by atoms with Crippen molar-refractivity contribution >= 4 is 29.3 Å². The number of ether oxygens (including phenoxy) is 1. The van der Waals surface area contributed by atoms with Gasteiger partial charge in [0, 0.05) is 32.3 Å². The second-order valence-electron chi connectivity index (χ2n) is 10.0. The molecule has 208 valence electrons. The van der Waals surface area contributed by atoms with Gasteiger partial charge in [0.25, 0.3) is 18.2 Å². The van der Waals surface area contributed by atoms with Crippen LogP contribution in [0.5, 0.6) is 0 Å². The topological polar surface area (TPSA) is 140 Å². The summed E-state index contributed by atoms with van der Waals surface area (Å²) in [6.45, 7) is 3.26. The Morgan fingerprint density at radius 3 is 2.49 bits per heavy atom. The van der Waals surface area contributed by atoms with Crippen LogP contribution in [0.2, 0.25) is 0 Å². The van der Waals surface area contributed by atoms with Crippen LogP contribution >= 0.6 is 0 Å². The van der Waals surface area contributed by atoms with Gasteiger partial charge < -0.3 is 15.4 Å². The summed E-state index contributed by atoms with van der Waals surface area (Å²) in [5.74, 6) is -2.10. The molecule has 4 amide bonds. The zero-order valence-electron chi connectivity index (χ0n) is 21.3. The van der Waals surface area contributed by atoms with Crippen molar-refractivity contribution in [2.45, 2.75) is 50.6 Å². The van der Waals surface area contributed by atoms with Crippen LogP contribution in [0.15, 0.2) is 24.4 Å². The lowest BCUT2D eigenvalue weighted by atomic mass is 10.0. The number of imide groups is 2. The number of nitrogens with zero attached hydrogens (tertiary/aromatic N) is 4. The molecule has 2 fully saturated rings. The number of likely N-dealkylation sites (tertiary alicyclic amines) is 1. The van der Waals surface area contributed by atoms with Gasteiger partial charge in [-0.15, -0.1) is 0 Å². The molecule has 3 aliphatic rings. The predicted molar refractivity (Wildman–Crippen MR) is 134 cm³/mol. The highest BCUT2D eigenvalue weighted by molar-refractivity contribution is 6.23. The summed E-state index contributed by atoms with van der Waals surface area (Å²) >= 11 is 0. The number of nitrogen functional groups attached to an aromatic ring is 1. The van der Waals surface area contributed by atoms with Gasteiger partial charge in [-0.1, -0.05) is 6.07 Å². The van der Waals surface area contributed by atoms with Crippen LogP contribution in [0.25, 0.3) is 0 Å². The standard InChI is InChI=1S/C26H30F2N6O5/c27-23(28)22-19(29)14-33(31-22)16-5-8-32(9-6-16)10-12-39-11-7-15-1-2-17-18(13-15)26(38)34(25(17)37)20-3-4-21(35)30-24(20)36/h1-2,13-14,16,20,23H,3-12,29H2,(H,30,35,36). The van der Waals surface area contributed by atoms with Crippen molar-refractivity contribution in [3.05, 3.63) is 46.8 Å². The van der Waals surface area contributed by atoms with E-state index >= 15 is 0 Å². The van der Waals surface area contributed by atoms with Crippen LogP contribution in [0.1, 0.15) is 70.1 Å². The van der Waals surface area contributed by atoms with E-state index in [-0.39, 0.29) is 41.4 Å². The summed E-state index contributed by atoms with van der Waals surface area (Å²) in [6, 6.07) is 4.08. The van der Waals surface area contributed by atoms with E-state index in [1.165, 1.54) is 6.20 Å². The number of rotatable bonds is 9. The Hall–Kier alpha value is -3.71. The fraction of sp³-hybridized carbons (Fsp3) is 0.500. The Labute approximate surface area is 223 Å². The number of carbonyl (C=O) groups excluding carboxylic acids is 4. The molecule has 0 bridgehead atoms. The van der Waals surface area contributed by atoms with Gasteiger partial charge in [-0.05, 0) is 43.4 Å². The molecule has 1 aromatic carbocycles. The maximum absolute atomic E-state index is 13.0. The zero-order chi connectivity index (χ0) is 27.7. The maximum Gasteiger partial charge on any atom is 0.284 e. The Morgan fingerprint density at radius 1 is 1.05 bits per heavy atom. The van der Waals surface area contributed by atoms with Crippen LogP contribution < -0.4 is 11.1 Å². The molecule has 4 heterocycles. The first-order valence-corrected chi connectivity index (χ1v) is 13.0. The van der Waals surface area contributed by atoms with Gasteiger partial charge in [-0.3, -0.25) is 34.1 Å². The summed E-state index contributed by atoms with van der Waals surface area (Å²) in [6.07, 6.45) is 1.10. The van der Waals surface area contributed by atoms with Crippen molar-refractivity contribution < 1.29 is 32.7 Å². The number of aromatic nitrogens is 2. The molecule has 1 unspecified atom stereocenters. The molecule has 1 aromatic heterocycles. The van der Waals surface area contributed by atoms with Crippen LogP contribution in [0, 0.1) is 0 Å². The smallest absolute Gasteiger partial charge is 0.284 e. The number of amides is 4. The number of alkyl halides is 2. The highest BCUT2D eigenvalue weighted by atomic mass is 19.3.